The van der Waals surface area contributed by atoms with E-state index < -0.39 is 5.97 Å². The molecule has 0 aromatic carbocycles. The summed E-state index contributed by atoms with van der Waals surface area (Å²) in [5.74, 6) is -0.614. The first-order valence-electron chi connectivity index (χ1n) is 4.11. The van der Waals surface area contributed by atoms with Gasteiger partial charge in [-0.25, -0.2) is 9.78 Å². The lowest BCUT2D eigenvalue weighted by molar-refractivity contribution is -0.134. The molecule has 0 bridgehead atoms. The molecule has 15 heavy (non-hydrogen) atoms. The first-order valence-corrected chi connectivity index (χ1v) is 4.99. The van der Waals surface area contributed by atoms with E-state index in [1.807, 2.05) is 0 Å². The molecular weight excluding hydrogens is 216 g/mol. The minimum atomic E-state index is -0.441. The van der Waals surface area contributed by atoms with E-state index in [0.717, 1.165) is 0 Å². The first kappa shape index (κ1) is 11.4. The van der Waals surface area contributed by atoms with Crippen LogP contribution in [0.2, 0.25) is 0 Å². The number of carbonyl (C=O) groups is 2. The summed E-state index contributed by atoms with van der Waals surface area (Å²) >= 11 is 1.29. The van der Waals surface area contributed by atoms with Crippen molar-refractivity contribution in [1.82, 2.24) is 4.98 Å². The van der Waals surface area contributed by atoms with E-state index in [1.165, 1.54) is 37.5 Å². The highest BCUT2D eigenvalue weighted by Crippen LogP contribution is 2.16. The molecule has 6 heteroatoms. The summed E-state index contributed by atoms with van der Waals surface area (Å²) in [6.07, 6.45) is 2.79. The van der Waals surface area contributed by atoms with E-state index >= 15 is 0 Å². The van der Waals surface area contributed by atoms with Gasteiger partial charge in [0.15, 0.2) is 5.13 Å². The van der Waals surface area contributed by atoms with Crippen LogP contribution in [0.1, 0.15) is 12.6 Å². The molecule has 0 saturated carbocycles. The Bertz CT molecular complexity index is 398. The lowest BCUT2D eigenvalue weighted by atomic mass is 10.4. The molecule has 1 heterocycles. The van der Waals surface area contributed by atoms with Gasteiger partial charge in [-0.3, -0.25) is 4.79 Å². The van der Waals surface area contributed by atoms with Gasteiger partial charge in [0.05, 0.1) is 12.8 Å². The minimum Gasteiger partial charge on any atom is -0.466 e. The Morgan fingerprint density at radius 3 is 2.93 bits per heavy atom. The molecule has 80 valence electrons. The van der Waals surface area contributed by atoms with Crippen LogP contribution in [0.4, 0.5) is 5.13 Å². The quantitative estimate of drug-likeness (QED) is 0.623. The summed E-state index contributed by atoms with van der Waals surface area (Å²) in [5.41, 5.74) is 0.606. The van der Waals surface area contributed by atoms with E-state index in [9.17, 15) is 9.59 Å². The van der Waals surface area contributed by atoms with Crippen LogP contribution < -0.4 is 5.32 Å². The zero-order valence-electron chi connectivity index (χ0n) is 8.31. The van der Waals surface area contributed by atoms with Gasteiger partial charge in [0.2, 0.25) is 5.91 Å². The van der Waals surface area contributed by atoms with Gasteiger partial charge in [0.25, 0.3) is 0 Å². The second-order valence-electron chi connectivity index (χ2n) is 2.62. The molecule has 0 unspecified atom stereocenters. The zero-order valence-corrected chi connectivity index (χ0v) is 9.13. The van der Waals surface area contributed by atoms with Gasteiger partial charge >= 0.3 is 5.97 Å². The van der Waals surface area contributed by atoms with Crippen LogP contribution in [0.5, 0.6) is 0 Å². The highest BCUT2D eigenvalue weighted by atomic mass is 32.1. The van der Waals surface area contributed by atoms with Crippen LogP contribution in [0.25, 0.3) is 6.08 Å². The van der Waals surface area contributed by atoms with Gasteiger partial charge in [-0.1, -0.05) is 0 Å². The average molecular weight is 226 g/mol. The predicted octanol–water partition coefficient (Wildman–Crippen LogP) is 1.29. The maximum absolute atomic E-state index is 10.8. The molecule has 0 radical (unpaired) electrons. The molecule has 1 aromatic rings. The number of carbonyl (C=O) groups excluding carboxylic acids is 2. The maximum Gasteiger partial charge on any atom is 0.330 e. The summed E-state index contributed by atoms with van der Waals surface area (Å²) in [4.78, 5) is 25.5. The summed E-state index contributed by atoms with van der Waals surface area (Å²) in [6, 6.07) is 0. The van der Waals surface area contributed by atoms with E-state index in [-0.39, 0.29) is 5.91 Å². The zero-order chi connectivity index (χ0) is 11.3. The van der Waals surface area contributed by atoms with Crippen molar-refractivity contribution >= 4 is 34.4 Å². The number of hydrogen-bond acceptors (Lipinski definition) is 5. The third-order valence-electron chi connectivity index (χ3n) is 1.40. The Hall–Kier alpha value is -1.69. The van der Waals surface area contributed by atoms with Crippen LogP contribution in [0.3, 0.4) is 0 Å². The smallest absolute Gasteiger partial charge is 0.330 e. The average Bonchev–Trinajstić information content (AvgIpc) is 2.61. The summed E-state index contributed by atoms with van der Waals surface area (Å²) in [6.45, 7) is 1.41. The van der Waals surface area contributed by atoms with Crippen LogP contribution in [0.15, 0.2) is 11.5 Å². The van der Waals surface area contributed by atoms with Gasteiger partial charge < -0.3 is 10.1 Å². The van der Waals surface area contributed by atoms with Crippen LogP contribution in [-0.2, 0) is 14.3 Å². The molecular formula is C9H10N2O3S. The Labute approximate surface area is 90.8 Å². The monoisotopic (exact) mass is 226 g/mol. The molecule has 1 amide bonds. The van der Waals surface area contributed by atoms with Crippen molar-refractivity contribution in [1.29, 1.82) is 0 Å². The number of anilines is 1. The van der Waals surface area contributed by atoms with Crippen LogP contribution in [0, 0.1) is 0 Å². The number of methoxy groups -OCH3 is 1. The molecule has 1 N–H and O–H groups in total. The van der Waals surface area contributed by atoms with Gasteiger partial charge in [0, 0.05) is 18.4 Å². The molecule has 0 aliphatic carbocycles. The number of esters is 1. The number of aromatic nitrogens is 1. The van der Waals surface area contributed by atoms with Gasteiger partial charge in [0.1, 0.15) is 0 Å². The topological polar surface area (TPSA) is 68.3 Å². The third-order valence-corrected chi connectivity index (χ3v) is 2.17. The standard InChI is InChI=1S/C9H10N2O3S/c1-6(12)10-9-11-7(5-15-9)3-4-8(13)14-2/h3-5H,1-2H3,(H,10,11,12)/b4-3+. The lowest BCUT2D eigenvalue weighted by Crippen LogP contribution is -2.04. The normalized spacial score (nSPS) is 10.3. The van der Waals surface area contributed by atoms with E-state index in [1.54, 1.807) is 5.38 Å². The SMILES string of the molecule is COC(=O)/C=C/c1csc(NC(C)=O)n1. The molecule has 0 spiro atoms. The van der Waals surface area contributed by atoms with Crippen molar-refractivity contribution < 1.29 is 14.3 Å². The second kappa shape index (κ2) is 5.26. The first-order chi connectivity index (χ1) is 7.11. The van der Waals surface area contributed by atoms with Gasteiger partial charge in [-0.05, 0) is 6.08 Å². The highest BCUT2D eigenvalue weighted by Gasteiger charge is 2.01. The molecule has 1 aromatic heterocycles. The van der Waals surface area contributed by atoms with E-state index in [0.29, 0.717) is 10.8 Å². The molecule has 0 fully saturated rings. The third kappa shape index (κ3) is 3.90. The summed E-state index contributed by atoms with van der Waals surface area (Å²) in [7, 11) is 1.30. The van der Waals surface area contributed by atoms with Crippen LogP contribution >= 0.6 is 11.3 Å². The fraction of sp³-hybridized carbons (Fsp3) is 0.222. The largest absolute Gasteiger partial charge is 0.466 e. The number of nitrogens with one attached hydrogen (secondary N) is 1. The number of ether oxygens (including phenoxy) is 1. The van der Waals surface area contributed by atoms with Crippen molar-refractivity contribution in [3.8, 4) is 0 Å². The minimum absolute atomic E-state index is 0.173. The lowest BCUT2D eigenvalue weighted by Gasteiger charge is -1.92. The van der Waals surface area contributed by atoms with Crippen molar-refractivity contribution in [3.05, 3.63) is 17.2 Å². The number of nitrogens with zero attached hydrogens (tertiary/aromatic N) is 1. The number of amides is 1. The molecule has 0 saturated heterocycles. The fourth-order valence-corrected chi connectivity index (χ4v) is 1.52. The van der Waals surface area contributed by atoms with Crippen molar-refractivity contribution in [2.24, 2.45) is 0 Å². The Kier molecular flexibility index (Phi) is 3.99. The Morgan fingerprint density at radius 1 is 1.60 bits per heavy atom. The van der Waals surface area contributed by atoms with Crippen molar-refractivity contribution in [2.45, 2.75) is 6.92 Å². The van der Waals surface area contributed by atoms with Crippen molar-refractivity contribution in [2.75, 3.05) is 12.4 Å². The number of thiazole rings is 1. The number of rotatable bonds is 3. The van der Waals surface area contributed by atoms with E-state index in [2.05, 4.69) is 15.0 Å². The number of hydrogen-bond donors (Lipinski definition) is 1. The Morgan fingerprint density at radius 2 is 2.33 bits per heavy atom. The maximum atomic E-state index is 10.8. The molecule has 0 aliphatic heterocycles. The fourth-order valence-electron chi connectivity index (χ4n) is 0.792. The summed E-state index contributed by atoms with van der Waals surface area (Å²) in [5, 5.41) is 4.78. The Balaban J connectivity index is 2.64. The second-order valence-corrected chi connectivity index (χ2v) is 3.47. The van der Waals surface area contributed by atoms with Gasteiger partial charge in [-0.2, -0.15) is 0 Å². The van der Waals surface area contributed by atoms with Gasteiger partial charge in [-0.15, -0.1) is 11.3 Å². The predicted molar refractivity (Wildman–Crippen MR) is 57.5 cm³/mol. The van der Waals surface area contributed by atoms with Crippen LogP contribution in [-0.4, -0.2) is 24.0 Å². The summed E-state index contributed by atoms with van der Waals surface area (Å²) < 4.78 is 4.42. The van der Waals surface area contributed by atoms with Crippen molar-refractivity contribution in [3.63, 3.8) is 0 Å². The molecule has 0 aliphatic rings. The molecule has 5 nitrogen and oxygen atoms in total. The van der Waals surface area contributed by atoms with E-state index in [4.69, 9.17) is 0 Å². The molecule has 1 rings (SSSR count). The highest BCUT2D eigenvalue weighted by molar-refractivity contribution is 7.14. The molecule has 0 atom stereocenters.